The molecular weight excluding hydrogens is 347 g/mol. The maximum atomic E-state index is 12.9. The fraction of sp³-hybridized carbons (Fsp3) is 0.333. The molecule has 1 heterocycles. The Labute approximate surface area is 157 Å². The molecule has 0 aromatic heterocycles. The number of nitrogens with zero attached hydrogens (tertiary/aromatic N) is 2. The highest BCUT2D eigenvalue weighted by atomic mass is 19.1. The largest absolute Gasteiger partial charge is 0.457 e. The minimum atomic E-state index is -0.317. The zero-order chi connectivity index (χ0) is 18.8. The van der Waals surface area contributed by atoms with Crippen molar-refractivity contribution >= 4 is 11.8 Å². The van der Waals surface area contributed by atoms with E-state index in [-0.39, 0.29) is 23.5 Å². The molecule has 4 rings (SSSR count). The summed E-state index contributed by atoms with van der Waals surface area (Å²) >= 11 is 0. The van der Waals surface area contributed by atoms with Crippen LogP contribution in [0.1, 0.15) is 23.2 Å². The van der Waals surface area contributed by atoms with Crippen LogP contribution in [0.15, 0.2) is 48.5 Å². The monoisotopic (exact) mass is 368 g/mol. The van der Waals surface area contributed by atoms with Crippen molar-refractivity contribution in [2.75, 3.05) is 26.2 Å². The first-order chi connectivity index (χ1) is 13.1. The van der Waals surface area contributed by atoms with Crippen LogP contribution in [0.4, 0.5) is 4.39 Å². The summed E-state index contributed by atoms with van der Waals surface area (Å²) in [5.41, 5.74) is 0.587. The van der Waals surface area contributed by atoms with E-state index in [9.17, 15) is 14.0 Å². The van der Waals surface area contributed by atoms with Crippen LogP contribution in [0, 0.1) is 11.7 Å². The van der Waals surface area contributed by atoms with Crippen molar-refractivity contribution in [3.8, 4) is 11.5 Å². The van der Waals surface area contributed by atoms with Gasteiger partial charge < -0.3 is 14.5 Å². The SMILES string of the molecule is O=C(c1ccc(Oc2ccc(F)cc2)cc1)N1CCN(C(=O)C2CC2)CC1. The van der Waals surface area contributed by atoms with Crippen LogP contribution in [0.2, 0.25) is 0 Å². The van der Waals surface area contributed by atoms with Gasteiger partial charge in [0.2, 0.25) is 5.91 Å². The lowest BCUT2D eigenvalue weighted by atomic mass is 10.1. The topological polar surface area (TPSA) is 49.9 Å². The summed E-state index contributed by atoms with van der Waals surface area (Å²) < 4.78 is 18.6. The van der Waals surface area contributed by atoms with Gasteiger partial charge in [-0.15, -0.1) is 0 Å². The minimum absolute atomic E-state index is 0.0400. The second kappa shape index (κ2) is 7.39. The molecule has 2 amide bonds. The molecule has 0 radical (unpaired) electrons. The van der Waals surface area contributed by atoms with Gasteiger partial charge >= 0.3 is 0 Å². The van der Waals surface area contributed by atoms with Crippen LogP contribution in [-0.4, -0.2) is 47.8 Å². The third kappa shape index (κ3) is 4.10. The number of ether oxygens (including phenoxy) is 1. The van der Waals surface area contributed by atoms with Crippen molar-refractivity contribution in [1.29, 1.82) is 0 Å². The van der Waals surface area contributed by atoms with Crippen molar-refractivity contribution in [1.82, 2.24) is 9.80 Å². The van der Waals surface area contributed by atoms with Crippen LogP contribution in [0.25, 0.3) is 0 Å². The lowest BCUT2D eigenvalue weighted by molar-refractivity contribution is -0.134. The van der Waals surface area contributed by atoms with Crippen molar-refractivity contribution < 1.29 is 18.7 Å². The number of carbonyl (C=O) groups is 2. The summed E-state index contributed by atoms with van der Waals surface area (Å²) in [5.74, 6) is 1.22. The zero-order valence-electron chi connectivity index (χ0n) is 14.9. The van der Waals surface area contributed by atoms with Crippen LogP contribution < -0.4 is 4.74 Å². The lowest BCUT2D eigenvalue weighted by Gasteiger charge is -2.35. The summed E-state index contributed by atoms with van der Waals surface area (Å²) in [5, 5.41) is 0. The minimum Gasteiger partial charge on any atom is -0.457 e. The standard InChI is InChI=1S/C21H21FN2O3/c22-17-5-9-19(10-6-17)27-18-7-3-16(4-8-18)21(26)24-13-11-23(12-14-24)20(25)15-1-2-15/h3-10,15H,1-2,11-14H2. The number of amides is 2. The number of carbonyl (C=O) groups excluding carboxylic acids is 2. The third-order valence-corrected chi connectivity index (χ3v) is 4.96. The van der Waals surface area contributed by atoms with Gasteiger partial charge in [0.15, 0.2) is 0 Å². The molecule has 27 heavy (non-hydrogen) atoms. The smallest absolute Gasteiger partial charge is 0.253 e. The molecule has 0 unspecified atom stereocenters. The van der Waals surface area contributed by atoms with Crippen molar-refractivity contribution in [2.45, 2.75) is 12.8 Å². The molecule has 0 spiro atoms. The zero-order valence-corrected chi connectivity index (χ0v) is 14.9. The second-order valence-electron chi connectivity index (χ2n) is 6.97. The first-order valence-corrected chi connectivity index (χ1v) is 9.22. The number of piperazine rings is 1. The van der Waals surface area contributed by atoms with E-state index in [2.05, 4.69) is 0 Å². The van der Waals surface area contributed by atoms with Gasteiger partial charge in [0, 0.05) is 37.7 Å². The lowest BCUT2D eigenvalue weighted by Crippen LogP contribution is -2.51. The molecule has 2 aliphatic rings. The van der Waals surface area contributed by atoms with Gasteiger partial charge in [-0.3, -0.25) is 9.59 Å². The van der Waals surface area contributed by atoms with E-state index < -0.39 is 0 Å². The predicted octanol–water partition coefficient (Wildman–Crippen LogP) is 3.31. The Bertz CT molecular complexity index is 824. The number of halogens is 1. The molecule has 1 saturated heterocycles. The highest BCUT2D eigenvalue weighted by Gasteiger charge is 2.35. The molecule has 5 nitrogen and oxygen atoms in total. The Morgan fingerprint density at radius 2 is 1.33 bits per heavy atom. The first kappa shape index (κ1) is 17.5. The maximum absolute atomic E-state index is 12.9. The van der Waals surface area contributed by atoms with E-state index in [4.69, 9.17) is 4.74 Å². The average Bonchev–Trinajstić information content (AvgIpc) is 3.55. The molecule has 140 valence electrons. The van der Waals surface area contributed by atoms with Gasteiger partial charge in [-0.25, -0.2) is 4.39 Å². The first-order valence-electron chi connectivity index (χ1n) is 9.22. The Morgan fingerprint density at radius 1 is 0.815 bits per heavy atom. The van der Waals surface area contributed by atoms with E-state index in [1.807, 2.05) is 4.90 Å². The molecule has 1 aliphatic carbocycles. The third-order valence-electron chi connectivity index (χ3n) is 4.96. The molecule has 2 aromatic carbocycles. The van der Waals surface area contributed by atoms with E-state index in [0.29, 0.717) is 43.2 Å². The average molecular weight is 368 g/mol. The fourth-order valence-electron chi connectivity index (χ4n) is 3.21. The molecule has 2 aromatic rings. The Hall–Kier alpha value is -2.89. The summed E-state index contributed by atoms with van der Waals surface area (Å²) in [7, 11) is 0. The van der Waals surface area contributed by atoms with Gasteiger partial charge in [-0.05, 0) is 61.4 Å². The predicted molar refractivity (Wildman–Crippen MR) is 98.1 cm³/mol. The number of benzene rings is 2. The van der Waals surface area contributed by atoms with Crippen molar-refractivity contribution in [2.24, 2.45) is 5.92 Å². The van der Waals surface area contributed by atoms with E-state index in [1.54, 1.807) is 41.3 Å². The quantitative estimate of drug-likeness (QED) is 0.832. The van der Waals surface area contributed by atoms with Gasteiger partial charge in [0.05, 0.1) is 0 Å². The molecule has 6 heteroatoms. The molecule has 1 saturated carbocycles. The van der Waals surface area contributed by atoms with Gasteiger partial charge in [0.25, 0.3) is 5.91 Å². The van der Waals surface area contributed by atoms with Gasteiger partial charge in [-0.1, -0.05) is 0 Å². The van der Waals surface area contributed by atoms with Crippen LogP contribution in [0.5, 0.6) is 11.5 Å². The Morgan fingerprint density at radius 3 is 1.89 bits per heavy atom. The molecule has 0 atom stereocenters. The van der Waals surface area contributed by atoms with E-state index >= 15 is 0 Å². The van der Waals surface area contributed by atoms with Crippen LogP contribution in [-0.2, 0) is 4.79 Å². The summed E-state index contributed by atoms with van der Waals surface area (Å²) in [4.78, 5) is 28.4. The number of hydrogen-bond donors (Lipinski definition) is 0. The Balaban J connectivity index is 1.33. The fourth-order valence-corrected chi connectivity index (χ4v) is 3.21. The molecule has 0 N–H and O–H groups in total. The highest BCUT2D eigenvalue weighted by Crippen LogP contribution is 2.31. The van der Waals surface area contributed by atoms with E-state index in [1.165, 1.54) is 12.1 Å². The van der Waals surface area contributed by atoms with Crippen molar-refractivity contribution in [3.63, 3.8) is 0 Å². The normalized spacial score (nSPS) is 16.9. The van der Waals surface area contributed by atoms with Gasteiger partial charge in [-0.2, -0.15) is 0 Å². The van der Waals surface area contributed by atoms with Gasteiger partial charge in [0.1, 0.15) is 17.3 Å². The number of rotatable bonds is 4. The molecule has 0 bridgehead atoms. The highest BCUT2D eigenvalue weighted by molar-refractivity contribution is 5.94. The summed E-state index contributed by atoms with van der Waals surface area (Å²) in [6, 6.07) is 12.7. The molecule has 1 aliphatic heterocycles. The summed E-state index contributed by atoms with van der Waals surface area (Å²) in [6.45, 7) is 2.33. The Kier molecular flexibility index (Phi) is 4.79. The number of hydrogen-bond acceptors (Lipinski definition) is 3. The molecular formula is C21H21FN2O3. The summed E-state index contributed by atoms with van der Waals surface area (Å²) in [6.07, 6.45) is 2.01. The molecule has 2 fully saturated rings. The maximum Gasteiger partial charge on any atom is 0.253 e. The van der Waals surface area contributed by atoms with Crippen LogP contribution in [0.3, 0.4) is 0 Å². The second-order valence-corrected chi connectivity index (χ2v) is 6.97. The van der Waals surface area contributed by atoms with Crippen molar-refractivity contribution in [3.05, 3.63) is 59.9 Å². The van der Waals surface area contributed by atoms with E-state index in [0.717, 1.165) is 12.8 Å². The van der Waals surface area contributed by atoms with Crippen LogP contribution >= 0.6 is 0 Å².